The number of aromatic amines is 1. The molecule has 2 aliphatic carbocycles. The van der Waals surface area contributed by atoms with E-state index in [0.29, 0.717) is 0 Å². The number of hydrogen-bond donors (Lipinski definition) is 1. The molecule has 1 aromatic heterocycles. The molecule has 0 radical (unpaired) electrons. The molecule has 4 rings (SSSR count). The van der Waals surface area contributed by atoms with Crippen LogP contribution in [0.2, 0.25) is 0 Å². The van der Waals surface area contributed by atoms with Crippen molar-refractivity contribution < 1.29 is 0 Å². The molecule has 0 spiro atoms. The summed E-state index contributed by atoms with van der Waals surface area (Å²) in [5, 5.41) is 0. The Labute approximate surface area is 154 Å². The van der Waals surface area contributed by atoms with Gasteiger partial charge in [0.1, 0.15) is 0 Å². The van der Waals surface area contributed by atoms with Gasteiger partial charge in [0.25, 0.3) is 5.56 Å². The molecule has 4 heteroatoms. The fourth-order valence-electron chi connectivity index (χ4n) is 5.14. The predicted octanol–water partition coefficient (Wildman–Crippen LogP) is 4.32. The molecule has 0 unspecified atom stereocenters. The molecule has 4 nitrogen and oxygen atoms in total. The molecule has 26 heavy (non-hydrogen) atoms. The molecule has 138 valence electrons. The zero-order valence-corrected chi connectivity index (χ0v) is 15.8. The van der Waals surface area contributed by atoms with Crippen LogP contribution in [0.5, 0.6) is 0 Å². The van der Waals surface area contributed by atoms with Crippen molar-refractivity contribution in [3.8, 4) is 11.3 Å². The fraction of sp³-hybridized carbons (Fsp3) is 0.545. The lowest BCUT2D eigenvalue weighted by atomic mass is 9.66. The van der Waals surface area contributed by atoms with E-state index in [1.165, 1.54) is 12.0 Å². The Morgan fingerprint density at radius 3 is 2.46 bits per heavy atom. The van der Waals surface area contributed by atoms with Crippen molar-refractivity contribution in [3.63, 3.8) is 0 Å². The van der Waals surface area contributed by atoms with Crippen LogP contribution in [0.3, 0.4) is 0 Å². The van der Waals surface area contributed by atoms with Crippen LogP contribution in [0.15, 0.2) is 33.9 Å². The molecular formula is C22H28N2O2. The number of fused-ring (bicyclic) bond motifs is 3. The number of aromatic nitrogens is 2. The summed E-state index contributed by atoms with van der Waals surface area (Å²) in [6.07, 6.45) is 7.94. The minimum atomic E-state index is -0.238. The van der Waals surface area contributed by atoms with E-state index in [9.17, 15) is 9.59 Å². The summed E-state index contributed by atoms with van der Waals surface area (Å²) in [6.45, 7) is 4.33. The Morgan fingerprint density at radius 2 is 1.77 bits per heavy atom. The first-order valence-electron chi connectivity index (χ1n) is 10.1. The quantitative estimate of drug-likeness (QED) is 0.894. The van der Waals surface area contributed by atoms with E-state index in [2.05, 4.69) is 24.9 Å². The summed E-state index contributed by atoms with van der Waals surface area (Å²) in [6, 6.07) is 8.24. The van der Waals surface area contributed by atoms with E-state index in [1.807, 2.05) is 18.2 Å². The molecule has 1 N–H and O–H groups in total. The van der Waals surface area contributed by atoms with Crippen LogP contribution in [0.4, 0.5) is 0 Å². The zero-order valence-electron chi connectivity index (χ0n) is 15.8. The average molecular weight is 352 g/mol. The van der Waals surface area contributed by atoms with Crippen LogP contribution in [0.1, 0.15) is 76.0 Å². The van der Waals surface area contributed by atoms with Gasteiger partial charge >= 0.3 is 5.69 Å². The van der Waals surface area contributed by atoms with Crippen LogP contribution in [0, 0.1) is 0 Å². The van der Waals surface area contributed by atoms with Crippen molar-refractivity contribution >= 4 is 0 Å². The second-order valence-electron chi connectivity index (χ2n) is 7.97. The zero-order chi connectivity index (χ0) is 18.3. The first-order valence-corrected chi connectivity index (χ1v) is 10.1. The predicted molar refractivity (Wildman–Crippen MR) is 105 cm³/mol. The van der Waals surface area contributed by atoms with E-state index in [0.717, 1.165) is 61.8 Å². The first-order chi connectivity index (χ1) is 12.6. The lowest BCUT2D eigenvalue weighted by molar-refractivity contribution is 0.324. The highest BCUT2D eigenvalue weighted by Gasteiger charge is 2.40. The van der Waals surface area contributed by atoms with Gasteiger partial charge in [-0.25, -0.2) is 4.79 Å². The lowest BCUT2D eigenvalue weighted by Crippen LogP contribution is -2.47. The van der Waals surface area contributed by atoms with Crippen molar-refractivity contribution in [2.24, 2.45) is 0 Å². The molecule has 2 aliphatic rings. The van der Waals surface area contributed by atoms with Crippen molar-refractivity contribution in [2.45, 2.75) is 76.7 Å². The summed E-state index contributed by atoms with van der Waals surface area (Å²) in [5.74, 6) is 0. The highest BCUT2D eigenvalue weighted by atomic mass is 16.2. The number of rotatable bonds is 3. The fourth-order valence-corrected chi connectivity index (χ4v) is 5.14. The normalized spacial score (nSPS) is 19.0. The Bertz CT molecular complexity index is 928. The summed E-state index contributed by atoms with van der Waals surface area (Å²) in [7, 11) is 0. The van der Waals surface area contributed by atoms with Crippen molar-refractivity contribution in [2.75, 3.05) is 0 Å². The third-order valence-electron chi connectivity index (χ3n) is 6.77. The Balaban J connectivity index is 2.01. The summed E-state index contributed by atoms with van der Waals surface area (Å²) < 4.78 is 1.55. The van der Waals surface area contributed by atoms with Crippen LogP contribution in [-0.2, 0) is 11.8 Å². The summed E-state index contributed by atoms with van der Waals surface area (Å²) in [4.78, 5) is 29.7. The number of benzene rings is 1. The highest BCUT2D eigenvalue weighted by molar-refractivity contribution is 5.71. The number of hydrogen-bond acceptors (Lipinski definition) is 2. The van der Waals surface area contributed by atoms with Crippen LogP contribution in [0.25, 0.3) is 11.3 Å². The number of nitrogens with zero attached hydrogens (tertiary/aromatic N) is 1. The van der Waals surface area contributed by atoms with Gasteiger partial charge in [0.15, 0.2) is 0 Å². The molecule has 0 aliphatic heterocycles. The van der Waals surface area contributed by atoms with Gasteiger partial charge in [0.05, 0.1) is 5.69 Å². The standard InChI is InChI=1S/C22H28N2O2/c1-3-22(4-2)14-15-10-8-9-13-17(15)19-18(22)20(25)24(21(26)23-19)16-11-6-5-7-12-16/h8-10,13,16H,3-7,11-12,14H2,1-2H3,(H,23,26). The van der Waals surface area contributed by atoms with E-state index in [1.54, 1.807) is 4.57 Å². The van der Waals surface area contributed by atoms with Crippen molar-refractivity contribution in [1.29, 1.82) is 0 Å². The van der Waals surface area contributed by atoms with Gasteiger partial charge in [-0.3, -0.25) is 9.36 Å². The molecule has 0 bridgehead atoms. The number of nitrogens with one attached hydrogen (secondary N) is 1. The molecule has 1 saturated carbocycles. The Hall–Kier alpha value is -2.10. The lowest BCUT2D eigenvalue weighted by Gasteiger charge is -2.38. The van der Waals surface area contributed by atoms with Crippen LogP contribution < -0.4 is 11.2 Å². The largest absolute Gasteiger partial charge is 0.329 e. The topological polar surface area (TPSA) is 54.9 Å². The maximum atomic E-state index is 13.6. The van der Waals surface area contributed by atoms with Crippen LogP contribution >= 0.6 is 0 Å². The molecule has 1 heterocycles. The maximum absolute atomic E-state index is 13.6. The van der Waals surface area contributed by atoms with E-state index < -0.39 is 0 Å². The SMILES string of the molecule is CCC1(CC)Cc2ccccc2-c2[nH]c(=O)n(C3CCCCC3)c(=O)c21. The van der Waals surface area contributed by atoms with Crippen LogP contribution in [-0.4, -0.2) is 9.55 Å². The minimum Gasteiger partial charge on any atom is -0.306 e. The van der Waals surface area contributed by atoms with Crippen molar-refractivity contribution in [1.82, 2.24) is 9.55 Å². The van der Waals surface area contributed by atoms with Gasteiger partial charge in [-0.2, -0.15) is 0 Å². The second kappa shape index (κ2) is 6.57. The number of H-pyrrole nitrogens is 1. The van der Waals surface area contributed by atoms with Gasteiger partial charge in [0, 0.05) is 22.6 Å². The van der Waals surface area contributed by atoms with E-state index in [4.69, 9.17) is 0 Å². The summed E-state index contributed by atoms with van der Waals surface area (Å²) >= 11 is 0. The third kappa shape index (κ3) is 2.50. The molecule has 0 saturated heterocycles. The minimum absolute atomic E-state index is 0.0474. The Kier molecular flexibility index (Phi) is 4.37. The summed E-state index contributed by atoms with van der Waals surface area (Å²) in [5.41, 5.74) is 3.37. The maximum Gasteiger partial charge on any atom is 0.329 e. The first kappa shape index (κ1) is 17.3. The van der Waals surface area contributed by atoms with Crippen molar-refractivity contribution in [3.05, 3.63) is 56.2 Å². The van der Waals surface area contributed by atoms with E-state index in [-0.39, 0.29) is 22.7 Å². The van der Waals surface area contributed by atoms with Gasteiger partial charge < -0.3 is 4.98 Å². The van der Waals surface area contributed by atoms with Gasteiger partial charge in [-0.1, -0.05) is 57.4 Å². The average Bonchev–Trinajstić information content (AvgIpc) is 2.68. The molecule has 1 aromatic carbocycles. The molecule has 1 fully saturated rings. The second-order valence-corrected chi connectivity index (χ2v) is 7.97. The smallest absolute Gasteiger partial charge is 0.306 e. The van der Waals surface area contributed by atoms with E-state index >= 15 is 0 Å². The monoisotopic (exact) mass is 352 g/mol. The van der Waals surface area contributed by atoms with Gasteiger partial charge in [-0.15, -0.1) is 0 Å². The van der Waals surface area contributed by atoms with Gasteiger partial charge in [0.2, 0.25) is 0 Å². The Morgan fingerprint density at radius 1 is 1.08 bits per heavy atom. The third-order valence-corrected chi connectivity index (χ3v) is 6.77. The molecule has 0 atom stereocenters. The highest BCUT2D eigenvalue weighted by Crippen LogP contribution is 2.44. The van der Waals surface area contributed by atoms with Gasteiger partial charge in [-0.05, 0) is 37.7 Å². The molecule has 2 aromatic rings. The molecule has 0 amide bonds. The molecular weight excluding hydrogens is 324 g/mol.